The Hall–Kier alpha value is -3.58. The maximum absolute atomic E-state index is 13.6. The first-order chi connectivity index (χ1) is 16.2. The molecule has 1 saturated carbocycles. The van der Waals surface area contributed by atoms with Crippen LogP contribution in [-0.2, 0) is 4.79 Å². The monoisotopic (exact) mass is 457 g/mol. The van der Waals surface area contributed by atoms with Gasteiger partial charge < -0.3 is 10.1 Å². The minimum Gasteiger partial charge on any atom is -0.495 e. The van der Waals surface area contributed by atoms with E-state index in [2.05, 4.69) is 5.32 Å². The van der Waals surface area contributed by atoms with Crippen molar-refractivity contribution in [3.05, 3.63) is 94.8 Å². The van der Waals surface area contributed by atoms with Crippen LogP contribution in [0.1, 0.15) is 23.7 Å². The molecular formula is C26H23N3O3S. The van der Waals surface area contributed by atoms with E-state index in [0.29, 0.717) is 27.5 Å². The molecule has 1 unspecified atom stereocenters. The Morgan fingerprint density at radius 2 is 1.73 bits per heavy atom. The predicted octanol–water partition coefficient (Wildman–Crippen LogP) is 4.51. The Balaban J connectivity index is 1.68. The molecule has 0 bridgehead atoms. The number of para-hydroxylation sites is 3. The number of rotatable bonds is 7. The van der Waals surface area contributed by atoms with Gasteiger partial charge in [-0.2, -0.15) is 0 Å². The van der Waals surface area contributed by atoms with Crippen LogP contribution in [0.4, 0.5) is 0 Å². The van der Waals surface area contributed by atoms with Crippen molar-refractivity contribution in [2.75, 3.05) is 7.11 Å². The number of methoxy groups -OCH3 is 1. The molecule has 6 nitrogen and oxygen atoms in total. The van der Waals surface area contributed by atoms with E-state index >= 15 is 0 Å². The zero-order valence-corrected chi connectivity index (χ0v) is 18.9. The number of nitrogens with one attached hydrogen (secondary N) is 1. The molecule has 7 heteroatoms. The van der Waals surface area contributed by atoms with Gasteiger partial charge in [0.1, 0.15) is 11.0 Å². The van der Waals surface area contributed by atoms with Crippen LogP contribution in [0.5, 0.6) is 5.75 Å². The largest absolute Gasteiger partial charge is 0.495 e. The number of hydrogen-bond acceptors (Lipinski definition) is 5. The standard InChI is InChI=1S/C26H23N3O3S/c1-32-22-14-8-7-13-21(22)29-25(31)19-11-5-6-12-20(19)28-26(29)33-23(17-9-3-2-4-10-17)24(30)27-18-15-16-18/h2-14,18,23H,15-16H2,1H3,(H,27,30). The molecule has 0 saturated heterocycles. The summed E-state index contributed by atoms with van der Waals surface area (Å²) in [6.45, 7) is 0. The maximum Gasteiger partial charge on any atom is 0.266 e. The van der Waals surface area contributed by atoms with Gasteiger partial charge >= 0.3 is 0 Å². The van der Waals surface area contributed by atoms with E-state index in [1.807, 2.05) is 66.7 Å². The molecule has 1 N–H and O–H groups in total. The highest BCUT2D eigenvalue weighted by Crippen LogP contribution is 2.37. The van der Waals surface area contributed by atoms with Crippen molar-refractivity contribution >= 4 is 28.6 Å². The Morgan fingerprint density at radius 1 is 1.03 bits per heavy atom. The van der Waals surface area contributed by atoms with Crippen LogP contribution in [0.15, 0.2) is 88.8 Å². The quantitative estimate of drug-likeness (QED) is 0.327. The predicted molar refractivity (Wildman–Crippen MR) is 130 cm³/mol. The number of ether oxygens (including phenoxy) is 1. The number of fused-ring (bicyclic) bond motifs is 1. The van der Waals surface area contributed by atoms with Gasteiger partial charge in [0.15, 0.2) is 5.16 Å². The Labute approximate surface area is 195 Å². The third-order valence-corrected chi connectivity index (χ3v) is 6.77. The number of carbonyl (C=O) groups excluding carboxylic acids is 1. The van der Waals surface area contributed by atoms with Gasteiger partial charge in [-0.1, -0.05) is 66.4 Å². The van der Waals surface area contributed by atoms with E-state index in [1.165, 1.54) is 11.8 Å². The summed E-state index contributed by atoms with van der Waals surface area (Å²) in [6.07, 6.45) is 2.00. The van der Waals surface area contributed by atoms with E-state index in [1.54, 1.807) is 23.8 Å². The highest BCUT2D eigenvalue weighted by Gasteiger charge is 2.30. The lowest BCUT2D eigenvalue weighted by Gasteiger charge is -2.20. The van der Waals surface area contributed by atoms with E-state index in [0.717, 1.165) is 18.4 Å². The van der Waals surface area contributed by atoms with E-state index in [-0.39, 0.29) is 17.5 Å². The molecule has 1 fully saturated rings. The molecule has 0 spiro atoms. The van der Waals surface area contributed by atoms with Crippen LogP contribution in [0.3, 0.4) is 0 Å². The fraction of sp³-hybridized carbons (Fsp3) is 0.192. The molecule has 1 aliphatic rings. The van der Waals surface area contributed by atoms with Gasteiger partial charge in [-0.15, -0.1) is 0 Å². The first kappa shape index (κ1) is 21.3. The molecule has 166 valence electrons. The van der Waals surface area contributed by atoms with Crippen molar-refractivity contribution < 1.29 is 9.53 Å². The second-order valence-electron chi connectivity index (χ2n) is 7.92. The zero-order chi connectivity index (χ0) is 22.8. The molecule has 33 heavy (non-hydrogen) atoms. The van der Waals surface area contributed by atoms with Crippen LogP contribution >= 0.6 is 11.8 Å². The molecule has 4 aromatic rings. The minimum absolute atomic E-state index is 0.0808. The molecule has 0 aliphatic heterocycles. The van der Waals surface area contributed by atoms with Gasteiger partial charge in [0.25, 0.3) is 5.56 Å². The Bertz CT molecular complexity index is 1370. The highest BCUT2D eigenvalue weighted by molar-refractivity contribution is 8.00. The summed E-state index contributed by atoms with van der Waals surface area (Å²) in [4.78, 5) is 31.7. The second-order valence-corrected chi connectivity index (χ2v) is 8.99. The van der Waals surface area contributed by atoms with Crippen molar-refractivity contribution in [2.45, 2.75) is 29.3 Å². The van der Waals surface area contributed by atoms with Gasteiger partial charge in [-0.3, -0.25) is 14.2 Å². The third-order valence-electron chi connectivity index (χ3n) is 5.56. The van der Waals surface area contributed by atoms with Crippen molar-refractivity contribution in [1.29, 1.82) is 0 Å². The van der Waals surface area contributed by atoms with E-state index < -0.39 is 5.25 Å². The first-order valence-electron chi connectivity index (χ1n) is 10.8. The van der Waals surface area contributed by atoms with Gasteiger partial charge in [0.05, 0.1) is 23.7 Å². The van der Waals surface area contributed by atoms with Crippen LogP contribution in [0.25, 0.3) is 16.6 Å². The summed E-state index contributed by atoms with van der Waals surface area (Å²) in [6, 6.07) is 24.4. The molecule has 0 radical (unpaired) electrons. The smallest absolute Gasteiger partial charge is 0.266 e. The first-order valence-corrected chi connectivity index (χ1v) is 11.7. The topological polar surface area (TPSA) is 73.2 Å². The Kier molecular flexibility index (Phi) is 5.88. The number of amides is 1. The van der Waals surface area contributed by atoms with Gasteiger partial charge in [-0.25, -0.2) is 4.98 Å². The number of hydrogen-bond donors (Lipinski definition) is 1. The van der Waals surface area contributed by atoms with Gasteiger partial charge in [0.2, 0.25) is 5.91 Å². The van der Waals surface area contributed by atoms with Crippen LogP contribution in [-0.4, -0.2) is 28.6 Å². The maximum atomic E-state index is 13.6. The Morgan fingerprint density at radius 3 is 2.48 bits per heavy atom. The van der Waals surface area contributed by atoms with Crippen molar-refractivity contribution in [2.24, 2.45) is 0 Å². The molecular weight excluding hydrogens is 434 g/mol. The normalized spacial score (nSPS) is 14.1. The van der Waals surface area contributed by atoms with Crippen LogP contribution in [0.2, 0.25) is 0 Å². The van der Waals surface area contributed by atoms with Gasteiger partial charge in [0, 0.05) is 6.04 Å². The van der Waals surface area contributed by atoms with E-state index in [4.69, 9.17) is 9.72 Å². The van der Waals surface area contributed by atoms with E-state index in [9.17, 15) is 9.59 Å². The summed E-state index contributed by atoms with van der Waals surface area (Å²) >= 11 is 1.27. The summed E-state index contributed by atoms with van der Waals surface area (Å²) < 4.78 is 7.09. The van der Waals surface area contributed by atoms with Crippen LogP contribution < -0.4 is 15.6 Å². The summed E-state index contributed by atoms with van der Waals surface area (Å²) in [7, 11) is 1.57. The second kappa shape index (κ2) is 9.11. The number of benzene rings is 3. The lowest BCUT2D eigenvalue weighted by Crippen LogP contribution is -2.30. The number of nitrogens with zero attached hydrogens (tertiary/aromatic N) is 2. The summed E-state index contributed by atoms with van der Waals surface area (Å²) in [5, 5.41) is 3.49. The molecule has 3 aromatic carbocycles. The fourth-order valence-electron chi connectivity index (χ4n) is 3.73. The van der Waals surface area contributed by atoms with Crippen LogP contribution in [0, 0.1) is 0 Å². The zero-order valence-electron chi connectivity index (χ0n) is 18.1. The van der Waals surface area contributed by atoms with Crippen molar-refractivity contribution in [3.8, 4) is 11.4 Å². The van der Waals surface area contributed by atoms with Crippen molar-refractivity contribution in [1.82, 2.24) is 14.9 Å². The summed E-state index contributed by atoms with van der Waals surface area (Å²) in [5.74, 6) is 0.472. The number of aromatic nitrogens is 2. The minimum atomic E-state index is -0.555. The third kappa shape index (κ3) is 4.36. The average molecular weight is 458 g/mol. The lowest BCUT2D eigenvalue weighted by atomic mass is 10.1. The molecule has 1 amide bonds. The number of thioether (sulfide) groups is 1. The molecule has 1 atom stereocenters. The molecule has 1 aliphatic carbocycles. The molecule has 1 heterocycles. The summed E-state index contributed by atoms with van der Waals surface area (Å²) in [5.41, 5.74) is 1.82. The number of carbonyl (C=O) groups is 1. The molecule has 1 aromatic heterocycles. The lowest BCUT2D eigenvalue weighted by molar-refractivity contribution is -0.120. The molecule has 5 rings (SSSR count). The average Bonchev–Trinajstić information content (AvgIpc) is 3.67. The fourth-order valence-corrected chi connectivity index (χ4v) is 4.85. The SMILES string of the molecule is COc1ccccc1-n1c(SC(C(=O)NC2CC2)c2ccccc2)nc2ccccc2c1=O. The van der Waals surface area contributed by atoms with Gasteiger partial charge in [-0.05, 0) is 42.7 Å². The van der Waals surface area contributed by atoms with Crippen molar-refractivity contribution in [3.63, 3.8) is 0 Å². The highest BCUT2D eigenvalue weighted by atomic mass is 32.2.